The number of nitrogens with zero attached hydrogens (tertiary/aromatic N) is 2. The molecule has 0 bridgehead atoms. The number of methoxy groups -OCH3 is 1. The maximum absolute atomic E-state index is 13.1. The third-order valence-corrected chi connectivity index (χ3v) is 4.04. The quantitative estimate of drug-likeness (QED) is 0.777. The number of para-hydroxylation sites is 1. The molecule has 4 rings (SSSR count). The van der Waals surface area contributed by atoms with Crippen LogP contribution >= 0.6 is 0 Å². The Kier molecular flexibility index (Phi) is 3.42. The number of benzene rings is 2. The first kappa shape index (κ1) is 14.3. The van der Waals surface area contributed by atoms with Crippen molar-refractivity contribution in [3.05, 3.63) is 72.3 Å². The minimum Gasteiger partial charge on any atom is -0.497 e. The summed E-state index contributed by atoms with van der Waals surface area (Å²) < 4.78 is 5.29. The lowest BCUT2D eigenvalue weighted by Crippen LogP contribution is -2.43. The molecule has 1 aromatic heterocycles. The number of amides is 1. The number of imidazole rings is 1. The number of fused-ring (bicyclic) bond motifs is 1. The number of hydrogen-bond acceptors (Lipinski definition) is 4. The first-order chi connectivity index (χ1) is 11.8. The van der Waals surface area contributed by atoms with E-state index >= 15 is 0 Å². The van der Waals surface area contributed by atoms with Crippen LogP contribution in [-0.2, 0) is 0 Å². The number of ether oxygens (including phenoxy) is 1. The zero-order valence-electron chi connectivity index (χ0n) is 13.1. The van der Waals surface area contributed by atoms with Crippen molar-refractivity contribution in [2.75, 3.05) is 17.3 Å². The average Bonchev–Trinajstić information content (AvgIpc) is 3.16. The van der Waals surface area contributed by atoms with E-state index in [1.807, 2.05) is 48.5 Å². The van der Waals surface area contributed by atoms with Gasteiger partial charge in [0.2, 0.25) is 0 Å². The van der Waals surface area contributed by atoms with Crippen LogP contribution in [0.4, 0.5) is 11.4 Å². The number of aromatic amines is 1. The second-order valence-electron chi connectivity index (χ2n) is 5.44. The average molecular weight is 320 g/mol. The first-order valence-corrected chi connectivity index (χ1v) is 7.60. The molecule has 2 heterocycles. The van der Waals surface area contributed by atoms with Gasteiger partial charge in [0.1, 0.15) is 11.6 Å². The second-order valence-corrected chi connectivity index (χ2v) is 5.44. The molecular weight excluding hydrogens is 304 g/mol. The molecule has 6 nitrogen and oxygen atoms in total. The van der Waals surface area contributed by atoms with E-state index < -0.39 is 6.17 Å². The Morgan fingerprint density at radius 3 is 2.83 bits per heavy atom. The lowest BCUT2D eigenvalue weighted by atomic mass is 10.1. The molecule has 0 fully saturated rings. The molecule has 1 aliphatic rings. The van der Waals surface area contributed by atoms with E-state index in [9.17, 15) is 4.79 Å². The summed E-state index contributed by atoms with van der Waals surface area (Å²) in [4.78, 5) is 22.2. The standard InChI is InChI=1S/C18H16N4O2/c1-24-13-6-4-5-12(11-13)22-17(16-19-9-10-20-16)21-15-8-3-2-7-14(15)18(22)23/h2-11,17,21H,1H3,(H,19,20)/t17-/m0/s1. The maximum Gasteiger partial charge on any atom is 0.262 e. The molecule has 0 radical (unpaired) electrons. The van der Waals surface area contributed by atoms with Crippen molar-refractivity contribution < 1.29 is 9.53 Å². The van der Waals surface area contributed by atoms with E-state index in [0.717, 1.165) is 11.4 Å². The van der Waals surface area contributed by atoms with Gasteiger partial charge in [-0.2, -0.15) is 0 Å². The smallest absolute Gasteiger partial charge is 0.262 e. The predicted octanol–water partition coefficient (Wildman–Crippen LogP) is 3.19. The highest BCUT2D eigenvalue weighted by Gasteiger charge is 2.35. The molecule has 2 N–H and O–H groups in total. The van der Waals surface area contributed by atoms with Crippen LogP contribution in [0, 0.1) is 0 Å². The topological polar surface area (TPSA) is 70.2 Å². The van der Waals surface area contributed by atoms with Gasteiger partial charge in [0.05, 0.1) is 18.4 Å². The summed E-state index contributed by atoms with van der Waals surface area (Å²) >= 11 is 0. The first-order valence-electron chi connectivity index (χ1n) is 7.60. The Morgan fingerprint density at radius 1 is 1.17 bits per heavy atom. The normalized spacial score (nSPS) is 16.5. The van der Waals surface area contributed by atoms with Crippen molar-refractivity contribution in [2.45, 2.75) is 6.17 Å². The van der Waals surface area contributed by atoms with Gasteiger partial charge in [0.15, 0.2) is 6.17 Å². The summed E-state index contributed by atoms with van der Waals surface area (Å²) in [7, 11) is 1.61. The van der Waals surface area contributed by atoms with Gasteiger partial charge in [0.25, 0.3) is 5.91 Å². The van der Waals surface area contributed by atoms with Crippen LogP contribution in [0.15, 0.2) is 60.9 Å². The van der Waals surface area contributed by atoms with E-state index in [0.29, 0.717) is 17.1 Å². The van der Waals surface area contributed by atoms with Crippen LogP contribution < -0.4 is 15.0 Å². The molecule has 0 aliphatic carbocycles. The Morgan fingerprint density at radius 2 is 2.04 bits per heavy atom. The van der Waals surface area contributed by atoms with Crippen LogP contribution in [-0.4, -0.2) is 23.0 Å². The molecule has 120 valence electrons. The largest absolute Gasteiger partial charge is 0.497 e. The van der Waals surface area contributed by atoms with E-state index in [4.69, 9.17) is 4.74 Å². The zero-order chi connectivity index (χ0) is 16.5. The number of nitrogens with one attached hydrogen (secondary N) is 2. The summed E-state index contributed by atoms with van der Waals surface area (Å²) in [5, 5.41) is 3.39. The number of rotatable bonds is 3. The van der Waals surface area contributed by atoms with Crippen LogP contribution in [0.25, 0.3) is 0 Å². The van der Waals surface area contributed by atoms with Gasteiger partial charge in [-0.25, -0.2) is 4.98 Å². The number of H-pyrrole nitrogens is 1. The van der Waals surface area contributed by atoms with Gasteiger partial charge in [-0.3, -0.25) is 9.69 Å². The van der Waals surface area contributed by atoms with Gasteiger partial charge >= 0.3 is 0 Å². The molecular formula is C18H16N4O2. The van der Waals surface area contributed by atoms with Gasteiger partial charge < -0.3 is 15.0 Å². The fourth-order valence-electron chi connectivity index (χ4n) is 2.90. The molecule has 0 saturated carbocycles. The predicted molar refractivity (Wildman–Crippen MR) is 91.2 cm³/mol. The van der Waals surface area contributed by atoms with Crippen LogP contribution in [0.2, 0.25) is 0 Å². The number of carbonyl (C=O) groups is 1. The summed E-state index contributed by atoms with van der Waals surface area (Å²) in [6.07, 6.45) is 2.99. The van der Waals surface area contributed by atoms with Crippen LogP contribution in [0.1, 0.15) is 22.3 Å². The minimum atomic E-state index is -0.422. The third-order valence-electron chi connectivity index (χ3n) is 4.04. The molecule has 1 aliphatic heterocycles. The lowest BCUT2D eigenvalue weighted by molar-refractivity contribution is 0.0974. The van der Waals surface area contributed by atoms with Crippen molar-refractivity contribution in [3.63, 3.8) is 0 Å². The molecule has 0 spiro atoms. The fourth-order valence-corrected chi connectivity index (χ4v) is 2.90. The second kappa shape index (κ2) is 5.73. The third kappa shape index (κ3) is 2.28. The summed E-state index contributed by atoms with van der Waals surface area (Å²) in [6.45, 7) is 0. The van der Waals surface area contributed by atoms with Gasteiger partial charge in [0, 0.05) is 24.1 Å². The highest BCUT2D eigenvalue weighted by Crippen LogP contribution is 2.36. The maximum atomic E-state index is 13.1. The lowest BCUT2D eigenvalue weighted by Gasteiger charge is -2.36. The number of aromatic nitrogens is 2. The monoisotopic (exact) mass is 320 g/mol. The number of anilines is 2. The molecule has 24 heavy (non-hydrogen) atoms. The SMILES string of the molecule is COc1cccc(N2C(=O)c3ccccc3N[C@@H]2c2ncc[nH]2)c1. The highest BCUT2D eigenvalue weighted by atomic mass is 16.5. The van der Waals surface area contributed by atoms with E-state index in [-0.39, 0.29) is 5.91 Å². The van der Waals surface area contributed by atoms with Gasteiger partial charge in [-0.05, 0) is 24.3 Å². The molecule has 3 aromatic rings. The van der Waals surface area contributed by atoms with Crippen molar-refractivity contribution in [2.24, 2.45) is 0 Å². The Bertz CT molecular complexity index is 876. The molecule has 0 unspecified atom stereocenters. The fraction of sp³-hybridized carbons (Fsp3) is 0.111. The van der Waals surface area contributed by atoms with Gasteiger partial charge in [-0.15, -0.1) is 0 Å². The van der Waals surface area contributed by atoms with Crippen molar-refractivity contribution in [1.29, 1.82) is 0 Å². The number of carbonyl (C=O) groups excluding carboxylic acids is 1. The van der Waals surface area contributed by atoms with Crippen LogP contribution in [0.5, 0.6) is 5.75 Å². The summed E-state index contributed by atoms with van der Waals surface area (Å²) in [6, 6.07) is 14.9. The Labute approximate surface area is 139 Å². The van der Waals surface area contributed by atoms with Gasteiger partial charge in [-0.1, -0.05) is 18.2 Å². The molecule has 1 amide bonds. The van der Waals surface area contributed by atoms with E-state index in [2.05, 4.69) is 15.3 Å². The van der Waals surface area contributed by atoms with Crippen LogP contribution in [0.3, 0.4) is 0 Å². The van der Waals surface area contributed by atoms with Crippen molar-refractivity contribution in [3.8, 4) is 5.75 Å². The van der Waals surface area contributed by atoms with E-state index in [1.54, 1.807) is 24.4 Å². The molecule has 6 heteroatoms. The molecule has 2 aromatic carbocycles. The molecule has 0 saturated heterocycles. The van der Waals surface area contributed by atoms with Crippen molar-refractivity contribution >= 4 is 17.3 Å². The number of hydrogen-bond donors (Lipinski definition) is 2. The summed E-state index contributed by atoms with van der Waals surface area (Å²) in [5.41, 5.74) is 2.16. The Hall–Kier alpha value is -3.28. The Balaban J connectivity index is 1.85. The zero-order valence-corrected chi connectivity index (χ0v) is 13.1. The highest BCUT2D eigenvalue weighted by molar-refractivity contribution is 6.12. The molecule has 1 atom stereocenters. The van der Waals surface area contributed by atoms with Crippen molar-refractivity contribution in [1.82, 2.24) is 9.97 Å². The van der Waals surface area contributed by atoms with E-state index in [1.165, 1.54) is 0 Å². The minimum absolute atomic E-state index is 0.0843. The summed E-state index contributed by atoms with van der Waals surface area (Å²) in [5.74, 6) is 1.28.